The highest BCUT2D eigenvalue weighted by molar-refractivity contribution is 6.27. The Labute approximate surface area is 64.8 Å². The van der Waals surface area contributed by atoms with Gasteiger partial charge in [0.2, 0.25) is 5.78 Å². The van der Waals surface area contributed by atoms with Crippen LogP contribution in [0.2, 0.25) is 0 Å². The van der Waals surface area contributed by atoms with Crippen molar-refractivity contribution in [1.82, 2.24) is 4.90 Å². The first-order chi connectivity index (χ1) is 5.15. The number of likely N-dealkylation sites (tertiary alicyclic amines) is 1. The SMILES string of the molecule is CN1CC(O)CC1C(=O)C=O. The van der Waals surface area contributed by atoms with Gasteiger partial charge in [-0.1, -0.05) is 0 Å². The maximum Gasteiger partial charge on any atom is 0.212 e. The van der Waals surface area contributed by atoms with E-state index in [0.717, 1.165) is 0 Å². The van der Waals surface area contributed by atoms with Gasteiger partial charge < -0.3 is 5.11 Å². The molecule has 0 saturated carbocycles. The first-order valence-electron chi connectivity index (χ1n) is 3.52. The van der Waals surface area contributed by atoms with E-state index in [9.17, 15) is 9.59 Å². The number of aldehydes is 1. The van der Waals surface area contributed by atoms with Crippen molar-refractivity contribution in [3.8, 4) is 0 Å². The lowest BCUT2D eigenvalue weighted by Crippen LogP contribution is -2.33. The molecule has 1 aliphatic heterocycles. The van der Waals surface area contributed by atoms with Gasteiger partial charge in [-0.3, -0.25) is 14.5 Å². The minimum atomic E-state index is -0.464. The van der Waals surface area contributed by atoms with Crippen molar-refractivity contribution in [3.05, 3.63) is 0 Å². The molecule has 0 aromatic heterocycles. The summed E-state index contributed by atoms with van der Waals surface area (Å²) in [7, 11) is 1.72. The van der Waals surface area contributed by atoms with Gasteiger partial charge in [-0.15, -0.1) is 0 Å². The molecule has 1 aliphatic rings. The molecular formula is C7H11NO3. The van der Waals surface area contributed by atoms with E-state index in [0.29, 0.717) is 19.3 Å². The van der Waals surface area contributed by atoms with Crippen LogP contribution >= 0.6 is 0 Å². The van der Waals surface area contributed by atoms with Crippen LogP contribution in [0.15, 0.2) is 0 Å². The fourth-order valence-corrected chi connectivity index (χ4v) is 1.38. The minimum Gasteiger partial charge on any atom is -0.392 e. The molecule has 0 radical (unpaired) electrons. The lowest BCUT2D eigenvalue weighted by atomic mass is 10.1. The number of Topliss-reactive ketones (excluding diaryl/α,β-unsaturated/α-hetero) is 1. The number of aliphatic hydroxyl groups excluding tert-OH is 1. The maximum atomic E-state index is 10.8. The van der Waals surface area contributed by atoms with Gasteiger partial charge in [-0.2, -0.15) is 0 Å². The number of β-amino-alcohol motifs (C(OH)–C–C–N with tert-alkyl or cyclic N) is 1. The molecule has 1 N–H and O–H groups in total. The molecule has 1 rings (SSSR count). The Morgan fingerprint density at radius 2 is 2.36 bits per heavy atom. The molecule has 0 aliphatic carbocycles. The van der Waals surface area contributed by atoms with E-state index < -0.39 is 17.9 Å². The summed E-state index contributed by atoms with van der Waals surface area (Å²) in [5, 5.41) is 9.10. The Balaban J connectivity index is 2.59. The predicted molar refractivity (Wildman–Crippen MR) is 38.1 cm³/mol. The Bertz CT molecular complexity index is 181. The number of hydrogen-bond acceptors (Lipinski definition) is 4. The second-order valence-electron chi connectivity index (χ2n) is 2.87. The van der Waals surface area contributed by atoms with Gasteiger partial charge >= 0.3 is 0 Å². The molecule has 4 nitrogen and oxygen atoms in total. The Hall–Kier alpha value is -0.740. The third kappa shape index (κ3) is 1.64. The number of aliphatic hydroxyl groups is 1. The number of likely N-dealkylation sites (N-methyl/N-ethyl adjacent to an activating group) is 1. The standard InChI is InChI=1S/C7H11NO3/c1-8-3-5(10)2-6(8)7(11)4-9/h4-6,10H,2-3H2,1H3. The summed E-state index contributed by atoms with van der Waals surface area (Å²) in [5.41, 5.74) is 0. The summed E-state index contributed by atoms with van der Waals surface area (Å²) < 4.78 is 0. The van der Waals surface area contributed by atoms with Crippen LogP contribution in [0, 0.1) is 0 Å². The highest BCUT2D eigenvalue weighted by Crippen LogP contribution is 2.15. The van der Waals surface area contributed by atoms with Crippen molar-refractivity contribution in [1.29, 1.82) is 0 Å². The summed E-state index contributed by atoms with van der Waals surface area (Å²) in [5.74, 6) is -0.441. The van der Waals surface area contributed by atoms with E-state index in [2.05, 4.69) is 0 Å². The van der Waals surface area contributed by atoms with Gasteiger partial charge in [-0.25, -0.2) is 0 Å². The molecule has 0 amide bonds. The zero-order valence-corrected chi connectivity index (χ0v) is 6.36. The van der Waals surface area contributed by atoms with E-state index in [1.807, 2.05) is 0 Å². The summed E-state index contributed by atoms with van der Waals surface area (Å²) >= 11 is 0. The Kier molecular flexibility index (Phi) is 2.36. The van der Waals surface area contributed by atoms with Crippen LogP contribution in [0.4, 0.5) is 0 Å². The molecule has 1 saturated heterocycles. The molecule has 0 aromatic rings. The van der Waals surface area contributed by atoms with Crippen LogP contribution in [0.25, 0.3) is 0 Å². The number of rotatable bonds is 2. The van der Waals surface area contributed by atoms with Crippen LogP contribution < -0.4 is 0 Å². The van der Waals surface area contributed by atoms with Gasteiger partial charge in [0.1, 0.15) is 0 Å². The molecule has 0 spiro atoms. The topological polar surface area (TPSA) is 57.6 Å². The smallest absolute Gasteiger partial charge is 0.212 e. The quantitative estimate of drug-likeness (QED) is 0.405. The number of carbonyl (C=O) groups excluding carboxylic acids is 2. The average molecular weight is 157 g/mol. The number of nitrogens with zero attached hydrogens (tertiary/aromatic N) is 1. The highest BCUT2D eigenvalue weighted by Gasteiger charge is 2.32. The number of carbonyl (C=O) groups is 2. The third-order valence-electron chi connectivity index (χ3n) is 1.97. The van der Waals surface area contributed by atoms with E-state index >= 15 is 0 Å². The van der Waals surface area contributed by atoms with Gasteiger partial charge in [0, 0.05) is 6.54 Å². The maximum absolute atomic E-state index is 10.8. The van der Waals surface area contributed by atoms with E-state index in [1.165, 1.54) is 0 Å². The molecule has 62 valence electrons. The summed E-state index contributed by atoms with van der Waals surface area (Å²) in [6.45, 7) is 0.476. The molecule has 1 heterocycles. The normalized spacial score (nSPS) is 32.2. The Morgan fingerprint density at radius 3 is 2.73 bits per heavy atom. The minimum absolute atomic E-state index is 0.319. The molecule has 1 fully saturated rings. The second kappa shape index (κ2) is 3.11. The predicted octanol–water partition coefficient (Wildman–Crippen LogP) is -1.18. The summed E-state index contributed by atoms with van der Waals surface area (Å²) in [6.07, 6.45) is 0.238. The molecule has 0 bridgehead atoms. The van der Waals surface area contributed by atoms with Crippen molar-refractivity contribution in [2.24, 2.45) is 0 Å². The molecule has 0 aromatic carbocycles. The Morgan fingerprint density at radius 1 is 1.73 bits per heavy atom. The third-order valence-corrected chi connectivity index (χ3v) is 1.97. The van der Waals surface area contributed by atoms with Crippen molar-refractivity contribution in [2.45, 2.75) is 18.6 Å². The lowest BCUT2D eigenvalue weighted by Gasteiger charge is -2.13. The van der Waals surface area contributed by atoms with E-state index in [-0.39, 0.29) is 0 Å². The average Bonchev–Trinajstić information content (AvgIpc) is 2.28. The molecular weight excluding hydrogens is 146 g/mol. The second-order valence-corrected chi connectivity index (χ2v) is 2.87. The van der Waals surface area contributed by atoms with Gasteiger partial charge in [0.15, 0.2) is 6.29 Å². The van der Waals surface area contributed by atoms with Crippen molar-refractivity contribution < 1.29 is 14.7 Å². The van der Waals surface area contributed by atoms with Gasteiger partial charge in [-0.05, 0) is 13.5 Å². The van der Waals surface area contributed by atoms with Crippen molar-refractivity contribution in [2.75, 3.05) is 13.6 Å². The molecule has 2 atom stereocenters. The van der Waals surface area contributed by atoms with Crippen LogP contribution in [0.5, 0.6) is 0 Å². The largest absolute Gasteiger partial charge is 0.392 e. The zero-order chi connectivity index (χ0) is 8.43. The van der Waals surface area contributed by atoms with E-state index in [4.69, 9.17) is 5.11 Å². The van der Waals surface area contributed by atoms with Crippen LogP contribution in [-0.2, 0) is 9.59 Å². The van der Waals surface area contributed by atoms with E-state index in [1.54, 1.807) is 11.9 Å². The zero-order valence-electron chi connectivity index (χ0n) is 6.36. The fourth-order valence-electron chi connectivity index (χ4n) is 1.38. The first-order valence-corrected chi connectivity index (χ1v) is 3.52. The monoisotopic (exact) mass is 157 g/mol. The van der Waals surface area contributed by atoms with Gasteiger partial charge in [0.25, 0.3) is 0 Å². The summed E-state index contributed by atoms with van der Waals surface area (Å²) in [6, 6.07) is -0.400. The number of hydrogen-bond donors (Lipinski definition) is 1. The van der Waals surface area contributed by atoms with Crippen LogP contribution in [0.3, 0.4) is 0 Å². The van der Waals surface area contributed by atoms with Crippen molar-refractivity contribution in [3.63, 3.8) is 0 Å². The van der Waals surface area contributed by atoms with Crippen LogP contribution in [0.1, 0.15) is 6.42 Å². The molecule has 4 heteroatoms. The lowest BCUT2D eigenvalue weighted by molar-refractivity contribution is -0.132. The van der Waals surface area contributed by atoms with Gasteiger partial charge in [0.05, 0.1) is 12.1 Å². The summed E-state index contributed by atoms with van der Waals surface area (Å²) in [4.78, 5) is 22.6. The highest BCUT2D eigenvalue weighted by atomic mass is 16.3. The number of ketones is 1. The molecule has 11 heavy (non-hydrogen) atoms. The van der Waals surface area contributed by atoms with Crippen LogP contribution in [-0.4, -0.2) is 47.8 Å². The van der Waals surface area contributed by atoms with Crippen molar-refractivity contribution >= 4 is 12.1 Å². The molecule has 2 unspecified atom stereocenters. The first kappa shape index (κ1) is 8.36. The fraction of sp³-hybridized carbons (Fsp3) is 0.714.